The maximum absolute atomic E-state index is 13.6. The van der Waals surface area contributed by atoms with Crippen LogP contribution in [0.5, 0.6) is 0 Å². The Kier molecular flexibility index (Phi) is 6.19. The fourth-order valence-corrected chi connectivity index (χ4v) is 7.32. The number of alkyl halides is 3. The zero-order valence-electron chi connectivity index (χ0n) is 20.6. The molecule has 0 saturated carbocycles. The lowest BCUT2D eigenvalue weighted by Gasteiger charge is -2.42. The van der Waals surface area contributed by atoms with E-state index in [9.17, 15) is 28.0 Å². The van der Waals surface area contributed by atoms with E-state index in [1.54, 1.807) is 30.3 Å². The van der Waals surface area contributed by atoms with E-state index in [0.29, 0.717) is 44.8 Å². The number of anilines is 2. The summed E-state index contributed by atoms with van der Waals surface area (Å²) in [5.41, 5.74) is 6.32. The monoisotopic (exact) mass is 580 g/mol. The Labute approximate surface area is 234 Å². The minimum atomic E-state index is -4.44. The van der Waals surface area contributed by atoms with E-state index in [-0.39, 0.29) is 34.9 Å². The van der Waals surface area contributed by atoms with Gasteiger partial charge in [-0.1, -0.05) is 59.5 Å². The highest BCUT2D eigenvalue weighted by molar-refractivity contribution is 8.00. The number of thioether (sulfide) groups is 1. The van der Waals surface area contributed by atoms with Crippen LogP contribution in [0, 0.1) is 11.3 Å². The van der Waals surface area contributed by atoms with Crippen LogP contribution in [0.1, 0.15) is 36.0 Å². The van der Waals surface area contributed by atoms with Crippen LogP contribution in [0.4, 0.5) is 24.0 Å². The molecular weight excluding hydrogens is 561 g/mol. The summed E-state index contributed by atoms with van der Waals surface area (Å²) in [7, 11) is 0. The number of nitriles is 1. The Hall–Kier alpha value is -4.15. The highest BCUT2D eigenvalue weighted by atomic mass is 32.2. The molecule has 3 heterocycles. The summed E-state index contributed by atoms with van der Waals surface area (Å²) in [6.45, 7) is 0. The number of Topliss-reactive ketones (excluding diaryl/α,β-unsaturated/α-hetero) is 1. The van der Waals surface area contributed by atoms with E-state index < -0.39 is 23.1 Å². The van der Waals surface area contributed by atoms with Crippen LogP contribution in [0.15, 0.2) is 75.5 Å². The van der Waals surface area contributed by atoms with Gasteiger partial charge in [-0.05, 0) is 30.5 Å². The predicted octanol–water partition coefficient (Wildman–Crippen LogP) is 5.26. The van der Waals surface area contributed by atoms with Gasteiger partial charge in [0.1, 0.15) is 17.3 Å². The minimum absolute atomic E-state index is 0.0200. The van der Waals surface area contributed by atoms with Crippen LogP contribution >= 0.6 is 23.1 Å². The fourth-order valence-electron chi connectivity index (χ4n) is 5.50. The number of carbonyl (C=O) groups excluding carboxylic acids is 2. The number of hydrogen-bond donors (Lipinski definition) is 2. The van der Waals surface area contributed by atoms with Crippen molar-refractivity contribution in [3.63, 3.8) is 0 Å². The lowest BCUT2D eigenvalue weighted by Crippen LogP contribution is -2.50. The molecule has 13 heteroatoms. The van der Waals surface area contributed by atoms with Gasteiger partial charge in [0.25, 0.3) is 0 Å². The largest absolute Gasteiger partial charge is 0.416 e. The second kappa shape index (κ2) is 9.50. The topological polar surface area (TPSA) is 125 Å². The molecule has 1 amide bonds. The van der Waals surface area contributed by atoms with Crippen molar-refractivity contribution in [2.45, 2.75) is 40.9 Å². The normalized spacial score (nSPS) is 20.5. The molecule has 0 bridgehead atoms. The second-order valence-corrected chi connectivity index (χ2v) is 11.6. The quantitative estimate of drug-likeness (QED) is 0.401. The molecule has 202 valence electrons. The first-order chi connectivity index (χ1) is 19.2. The van der Waals surface area contributed by atoms with Crippen LogP contribution in [0.2, 0.25) is 0 Å². The van der Waals surface area contributed by atoms with Gasteiger partial charge < -0.3 is 11.1 Å². The van der Waals surface area contributed by atoms with E-state index in [4.69, 9.17) is 5.73 Å². The summed E-state index contributed by atoms with van der Waals surface area (Å²) in [6.07, 6.45) is -3.27. The summed E-state index contributed by atoms with van der Waals surface area (Å²) < 4.78 is 39.7. The number of fused-ring (bicyclic) bond motifs is 3. The lowest BCUT2D eigenvalue weighted by molar-refractivity contribution is -0.137. The molecule has 3 N–H and O–H groups in total. The fraction of sp³-hybridized carbons (Fsp3) is 0.222. The number of allylic oxidation sites excluding steroid dienone is 1. The summed E-state index contributed by atoms with van der Waals surface area (Å²) in [5.74, 6) is -0.555. The van der Waals surface area contributed by atoms with Crippen LogP contribution in [-0.4, -0.2) is 21.9 Å². The van der Waals surface area contributed by atoms with E-state index in [1.807, 2.05) is 0 Å². The van der Waals surface area contributed by atoms with Gasteiger partial charge in [-0.2, -0.15) is 18.4 Å². The molecule has 3 aromatic rings. The van der Waals surface area contributed by atoms with Crippen LogP contribution in [0.3, 0.4) is 0 Å². The van der Waals surface area contributed by atoms with Crippen LogP contribution in [-0.2, 0) is 26.9 Å². The van der Waals surface area contributed by atoms with Crippen LogP contribution in [0.25, 0.3) is 0 Å². The van der Waals surface area contributed by atoms with Crippen molar-refractivity contribution >= 4 is 45.6 Å². The Morgan fingerprint density at radius 2 is 1.95 bits per heavy atom. The number of nitrogens with two attached hydrogens (primary N) is 1. The SMILES string of the molecule is N#CC1=C(N)N(c2nnc(SCc3cccc(C(F)(F)F)c3)s2)C2=C(C(=O)CCC2)C12C(=O)Nc1ccccc12. The maximum atomic E-state index is 13.6. The number of rotatable bonds is 4. The predicted molar refractivity (Wildman–Crippen MR) is 143 cm³/mol. The molecule has 0 radical (unpaired) electrons. The molecule has 40 heavy (non-hydrogen) atoms. The molecule has 0 saturated heterocycles. The van der Waals surface area contributed by atoms with Crippen molar-refractivity contribution in [2.24, 2.45) is 5.73 Å². The number of aromatic nitrogens is 2. The summed E-state index contributed by atoms with van der Waals surface area (Å²) in [5, 5.41) is 21.9. The molecule has 1 aromatic heterocycles. The van der Waals surface area contributed by atoms with E-state index in [0.717, 1.165) is 23.5 Å². The van der Waals surface area contributed by atoms with Gasteiger partial charge in [-0.3, -0.25) is 14.5 Å². The molecule has 2 aromatic carbocycles. The molecule has 0 fully saturated rings. The van der Waals surface area contributed by atoms with Gasteiger partial charge in [-0.15, -0.1) is 10.2 Å². The summed E-state index contributed by atoms with van der Waals surface area (Å²) in [4.78, 5) is 28.6. The molecule has 3 aliphatic rings. The second-order valence-electron chi connectivity index (χ2n) is 9.39. The third-order valence-electron chi connectivity index (χ3n) is 7.14. The summed E-state index contributed by atoms with van der Waals surface area (Å²) >= 11 is 2.34. The first-order valence-corrected chi connectivity index (χ1v) is 14.0. The van der Waals surface area contributed by atoms with E-state index in [2.05, 4.69) is 21.6 Å². The first-order valence-electron chi connectivity index (χ1n) is 12.2. The Bertz CT molecular complexity index is 1690. The number of para-hydroxylation sites is 1. The van der Waals surface area contributed by atoms with Gasteiger partial charge in [0, 0.05) is 34.7 Å². The Morgan fingerprint density at radius 1 is 1.15 bits per heavy atom. The molecular formula is C27H19F3N6O2S2. The number of nitrogens with one attached hydrogen (secondary N) is 1. The third-order valence-corrected chi connectivity index (χ3v) is 9.25. The van der Waals surface area contributed by atoms with Crippen molar-refractivity contribution in [3.05, 3.63) is 87.9 Å². The molecule has 1 spiro atoms. The molecule has 1 unspecified atom stereocenters. The molecule has 2 aliphatic heterocycles. The van der Waals surface area contributed by atoms with Crippen molar-refractivity contribution in [2.75, 3.05) is 10.2 Å². The average molecular weight is 581 g/mol. The van der Waals surface area contributed by atoms with Gasteiger partial charge in [0.2, 0.25) is 11.0 Å². The van der Waals surface area contributed by atoms with Crippen molar-refractivity contribution in [3.8, 4) is 6.07 Å². The zero-order valence-corrected chi connectivity index (χ0v) is 22.2. The molecule has 6 rings (SSSR count). The zero-order chi connectivity index (χ0) is 28.2. The summed E-state index contributed by atoms with van der Waals surface area (Å²) in [6, 6.07) is 14.1. The molecule has 1 aliphatic carbocycles. The number of amides is 1. The molecule has 1 atom stereocenters. The average Bonchev–Trinajstić information content (AvgIpc) is 3.50. The highest BCUT2D eigenvalue weighted by Crippen LogP contribution is 2.55. The Balaban J connectivity index is 1.40. The number of halogens is 3. The number of carbonyl (C=O) groups is 2. The third kappa shape index (κ3) is 3.89. The lowest BCUT2D eigenvalue weighted by atomic mass is 9.64. The number of hydrogen-bond acceptors (Lipinski definition) is 9. The van der Waals surface area contributed by atoms with Crippen molar-refractivity contribution in [1.29, 1.82) is 5.26 Å². The van der Waals surface area contributed by atoms with Gasteiger partial charge in [-0.25, -0.2) is 0 Å². The number of ketones is 1. The maximum Gasteiger partial charge on any atom is 0.416 e. The van der Waals surface area contributed by atoms with E-state index >= 15 is 0 Å². The van der Waals surface area contributed by atoms with Crippen LogP contribution < -0.4 is 16.0 Å². The van der Waals surface area contributed by atoms with Crippen molar-refractivity contribution < 1.29 is 22.8 Å². The molecule has 8 nitrogen and oxygen atoms in total. The van der Waals surface area contributed by atoms with Crippen molar-refractivity contribution in [1.82, 2.24) is 10.2 Å². The first kappa shape index (κ1) is 26.1. The minimum Gasteiger partial charge on any atom is -0.384 e. The number of nitrogens with zero attached hydrogens (tertiary/aromatic N) is 4. The standard InChI is InChI=1S/C27H19F3N6O2S2/c28-27(29,30)15-6-3-5-14(11-15)13-39-25-35-34-24(40-25)36-19-9-4-10-20(37)21(19)26(17(12-31)22(36)32)16-7-1-2-8-18(16)33-23(26)38/h1-3,5-8,11H,4,9-10,13,32H2,(H,33,38). The smallest absolute Gasteiger partial charge is 0.384 e. The number of benzene rings is 2. The van der Waals surface area contributed by atoms with E-state index in [1.165, 1.54) is 22.7 Å². The van der Waals surface area contributed by atoms with Gasteiger partial charge >= 0.3 is 6.18 Å². The Morgan fingerprint density at radius 3 is 2.73 bits per heavy atom. The highest BCUT2D eigenvalue weighted by Gasteiger charge is 2.60. The van der Waals surface area contributed by atoms with Gasteiger partial charge in [0.05, 0.1) is 11.1 Å². The van der Waals surface area contributed by atoms with Gasteiger partial charge in [0.15, 0.2) is 10.1 Å².